The molecule has 2 aliphatic heterocycles. The van der Waals surface area contributed by atoms with Gasteiger partial charge in [-0.25, -0.2) is 9.80 Å². The van der Waals surface area contributed by atoms with E-state index in [9.17, 15) is 9.59 Å². The number of rotatable bonds is 5. The van der Waals surface area contributed by atoms with Crippen molar-refractivity contribution in [3.05, 3.63) is 65.2 Å². The number of hydrazone groups is 1. The van der Waals surface area contributed by atoms with Gasteiger partial charge in [-0.1, -0.05) is 30.0 Å². The number of carbonyl (C=O) groups excluding carboxylic acids is 2. The van der Waals surface area contributed by atoms with Crippen molar-refractivity contribution < 1.29 is 19.1 Å². The lowest BCUT2D eigenvalue weighted by Crippen LogP contribution is -2.49. The number of benzene rings is 2. The summed E-state index contributed by atoms with van der Waals surface area (Å²) in [7, 11) is 2.93. The van der Waals surface area contributed by atoms with E-state index in [0.29, 0.717) is 10.7 Å². The number of nitrogens with zero attached hydrogens (tertiary/aromatic N) is 3. The Bertz CT molecular complexity index is 1090. The third kappa shape index (κ3) is 3.57. The second kappa shape index (κ2) is 8.32. The van der Waals surface area contributed by atoms with Crippen molar-refractivity contribution in [3.63, 3.8) is 0 Å². The first-order valence-electron chi connectivity index (χ1n) is 9.47. The van der Waals surface area contributed by atoms with Crippen molar-refractivity contribution in [3.8, 4) is 5.75 Å². The number of methoxy groups -OCH3 is 2. The highest BCUT2D eigenvalue weighted by molar-refractivity contribution is 8.29. The fraction of sp³-hybridized carbons (Fsp3) is 0.227. The molecule has 0 aliphatic carbocycles. The van der Waals surface area contributed by atoms with Gasteiger partial charge in [0.1, 0.15) is 5.75 Å². The van der Waals surface area contributed by atoms with Crippen molar-refractivity contribution in [2.45, 2.75) is 18.2 Å². The number of ether oxygens (including phenoxy) is 2. The maximum atomic E-state index is 12.5. The van der Waals surface area contributed by atoms with Gasteiger partial charge in [-0.15, -0.1) is 0 Å². The highest BCUT2D eigenvalue weighted by Crippen LogP contribution is 2.60. The highest BCUT2D eigenvalue weighted by atomic mass is 32.2. The smallest absolute Gasteiger partial charge is 0.365 e. The van der Waals surface area contributed by atoms with E-state index in [1.807, 2.05) is 66.4 Å². The summed E-state index contributed by atoms with van der Waals surface area (Å²) >= 11 is 2.63. The Morgan fingerprint density at radius 1 is 0.968 bits per heavy atom. The minimum atomic E-state index is -0.940. The number of hydrogen-bond donors (Lipinski definition) is 0. The fourth-order valence-corrected chi connectivity index (χ4v) is 6.46. The first kappa shape index (κ1) is 21.3. The second-order valence-electron chi connectivity index (χ2n) is 6.80. The Hall–Kier alpha value is -2.91. The van der Waals surface area contributed by atoms with Crippen molar-refractivity contribution in [2.24, 2.45) is 5.10 Å². The topological polar surface area (TPSA) is 71.4 Å². The van der Waals surface area contributed by atoms with Crippen LogP contribution >= 0.6 is 23.5 Å². The van der Waals surface area contributed by atoms with Gasteiger partial charge >= 0.3 is 5.97 Å². The maximum absolute atomic E-state index is 12.5. The molecule has 1 spiro atoms. The van der Waals surface area contributed by atoms with E-state index in [2.05, 4.69) is 5.10 Å². The molecular formula is C22H21N3O4S2. The lowest BCUT2D eigenvalue weighted by atomic mass is 10.2. The average molecular weight is 456 g/mol. The Balaban J connectivity index is 1.89. The molecule has 160 valence electrons. The molecule has 0 unspecified atom stereocenters. The Morgan fingerprint density at radius 3 is 2.23 bits per heavy atom. The minimum absolute atomic E-state index is 0.0397. The largest absolute Gasteiger partial charge is 0.497 e. The molecule has 0 saturated carbocycles. The summed E-state index contributed by atoms with van der Waals surface area (Å²) in [5, 5.41) is 6.60. The predicted molar refractivity (Wildman–Crippen MR) is 125 cm³/mol. The first-order valence-corrected chi connectivity index (χ1v) is 11.1. The molecule has 9 heteroatoms. The molecule has 0 amide bonds. The van der Waals surface area contributed by atoms with Gasteiger partial charge in [0.15, 0.2) is 5.78 Å². The second-order valence-corrected chi connectivity index (χ2v) is 9.40. The number of thioether (sulfide) groups is 2. The van der Waals surface area contributed by atoms with Crippen LogP contribution in [0.25, 0.3) is 0 Å². The van der Waals surface area contributed by atoms with Crippen LogP contribution in [-0.4, -0.2) is 35.3 Å². The van der Waals surface area contributed by atoms with E-state index in [0.717, 1.165) is 17.1 Å². The van der Waals surface area contributed by atoms with E-state index < -0.39 is 10.3 Å². The van der Waals surface area contributed by atoms with Crippen molar-refractivity contribution in [2.75, 3.05) is 24.1 Å². The van der Waals surface area contributed by atoms with Crippen LogP contribution in [0.5, 0.6) is 5.75 Å². The minimum Gasteiger partial charge on any atom is -0.497 e. The van der Waals surface area contributed by atoms with Crippen LogP contribution in [-0.2, 0) is 14.3 Å². The van der Waals surface area contributed by atoms with Crippen molar-refractivity contribution in [1.82, 2.24) is 0 Å². The Kier molecular flexibility index (Phi) is 5.72. The number of allylic oxidation sites excluding steroid dienone is 2. The van der Waals surface area contributed by atoms with E-state index in [4.69, 9.17) is 9.47 Å². The molecule has 0 aromatic heterocycles. The highest BCUT2D eigenvalue weighted by Gasteiger charge is 2.57. The first-order chi connectivity index (χ1) is 14.9. The monoisotopic (exact) mass is 455 g/mol. The van der Waals surface area contributed by atoms with Gasteiger partial charge in [-0.05, 0) is 62.0 Å². The molecule has 2 aromatic carbocycles. The summed E-state index contributed by atoms with van der Waals surface area (Å²) in [5.74, 6) is 0.143. The number of Topliss-reactive ketones (excluding diaryl/α,β-unsaturated/α-hetero) is 1. The van der Waals surface area contributed by atoms with Crippen LogP contribution in [0.1, 0.15) is 13.8 Å². The van der Waals surface area contributed by atoms with Gasteiger partial charge in [0.2, 0.25) is 9.37 Å². The normalized spacial score (nSPS) is 20.3. The van der Waals surface area contributed by atoms with E-state index >= 15 is 0 Å². The van der Waals surface area contributed by atoms with E-state index in [1.165, 1.54) is 30.6 Å². The predicted octanol–water partition coefficient (Wildman–Crippen LogP) is 4.42. The van der Waals surface area contributed by atoms with Gasteiger partial charge in [-0.2, -0.15) is 5.10 Å². The molecule has 0 N–H and O–H groups in total. The summed E-state index contributed by atoms with van der Waals surface area (Å²) in [6.45, 7) is 3.46. The SMILES string of the molecule is COC(=O)C1=NN(c2ccc(OC)cc2)[C@@]2(S1)SC(C(C)=O)=C(C)N2c1ccccc1. The number of ketones is 1. The van der Waals surface area contributed by atoms with Gasteiger partial charge in [0.25, 0.3) is 0 Å². The maximum Gasteiger partial charge on any atom is 0.365 e. The fourth-order valence-electron chi connectivity index (χ4n) is 3.49. The molecule has 2 aromatic rings. The van der Waals surface area contributed by atoms with Crippen LogP contribution in [0.2, 0.25) is 0 Å². The molecule has 2 aliphatic rings. The summed E-state index contributed by atoms with van der Waals surface area (Å²) in [5.41, 5.74) is 2.44. The molecule has 31 heavy (non-hydrogen) atoms. The van der Waals surface area contributed by atoms with Crippen molar-refractivity contribution >= 4 is 51.7 Å². The zero-order valence-corrected chi connectivity index (χ0v) is 19.1. The summed E-state index contributed by atoms with van der Waals surface area (Å²) < 4.78 is 9.29. The standard InChI is InChI=1S/C22H21N3O4S2/c1-14-19(15(2)26)30-22(24(14)16-8-6-5-7-9-16)25(23-20(31-22)21(27)29-4)17-10-12-18(28-3)13-11-17/h5-13H,1-4H3/t22-/m1/s1. The lowest BCUT2D eigenvalue weighted by molar-refractivity contribution is -0.132. The zero-order valence-electron chi connectivity index (χ0n) is 17.5. The zero-order chi connectivity index (χ0) is 22.2. The third-order valence-corrected chi connectivity index (χ3v) is 7.85. The molecule has 0 radical (unpaired) electrons. The average Bonchev–Trinajstić information content (AvgIpc) is 3.31. The van der Waals surface area contributed by atoms with Crippen LogP contribution in [0.3, 0.4) is 0 Å². The van der Waals surface area contributed by atoms with E-state index in [1.54, 1.807) is 19.0 Å². The molecular weight excluding hydrogens is 434 g/mol. The molecule has 1 atom stereocenters. The molecule has 2 heterocycles. The van der Waals surface area contributed by atoms with Crippen LogP contribution in [0.15, 0.2) is 70.3 Å². The van der Waals surface area contributed by atoms with Gasteiger partial charge in [0.05, 0.1) is 24.8 Å². The van der Waals surface area contributed by atoms with E-state index in [-0.39, 0.29) is 10.8 Å². The molecule has 0 bridgehead atoms. The molecule has 7 nitrogen and oxygen atoms in total. The van der Waals surface area contributed by atoms with Gasteiger partial charge in [-0.3, -0.25) is 4.79 Å². The molecule has 0 saturated heterocycles. The third-order valence-electron chi connectivity index (χ3n) is 4.88. The Labute approximate surface area is 189 Å². The summed E-state index contributed by atoms with van der Waals surface area (Å²) in [6.07, 6.45) is 0. The summed E-state index contributed by atoms with van der Waals surface area (Å²) in [6, 6.07) is 17.2. The van der Waals surface area contributed by atoms with Gasteiger partial charge < -0.3 is 14.4 Å². The number of para-hydroxylation sites is 1. The van der Waals surface area contributed by atoms with Gasteiger partial charge in [0, 0.05) is 11.4 Å². The van der Waals surface area contributed by atoms with Crippen LogP contribution < -0.4 is 14.6 Å². The number of carbonyl (C=O) groups is 2. The van der Waals surface area contributed by atoms with Crippen LogP contribution in [0, 0.1) is 0 Å². The number of hydrogen-bond acceptors (Lipinski definition) is 9. The molecule has 4 rings (SSSR count). The number of anilines is 2. The molecule has 0 fully saturated rings. The lowest BCUT2D eigenvalue weighted by Gasteiger charge is -2.41. The number of esters is 1. The Morgan fingerprint density at radius 2 is 1.65 bits per heavy atom. The van der Waals surface area contributed by atoms with Crippen LogP contribution in [0.4, 0.5) is 11.4 Å². The summed E-state index contributed by atoms with van der Waals surface area (Å²) in [4.78, 5) is 27.6. The quantitative estimate of drug-likeness (QED) is 0.614. The van der Waals surface area contributed by atoms with Crippen molar-refractivity contribution in [1.29, 1.82) is 0 Å².